The first-order valence-electron chi connectivity index (χ1n) is 9.01. The molecule has 1 saturated heterocycles. The van der Waals surface area contributed by atoms with Crippen LogP contribution in [0.15, 0.2) is 49.3 Å². The first-order chi connectivity index (χ1) is 12.6. The molecule has 6 heteroatoms. The SMILES string of the molecule is Cc1cc(C(=O)N2CCC[C@H](n3ccnc3)C2)c(C)n1-c1cccnc1. The standard InChI is InChI=1S/C20H23N5O/c1-15-11-19(16(2)25(15)17-5-3-7-21-12-17)20(26)23-9-4-6-18(13-23)24-10-8-22-14-24/h3,5,7-8,10-12,14,18H,4,6,9,13H2,1-2H3/t18-/m0/s1. The number of amides is 1. The van der Waals surface area contributed by atoms with Gasteiger partial charge in [0.2, 0.25) is 0 Å². The summed E-state index contributed by atoms with van der Waals surface area (Å²) in [6, 6.07) is 6.22. The number of aryl methyl sites for hydroxylation is 1. The molecule has 3 aromatic rings. The molecule has 0 radical (unpaired) electrons. The third kappa shape index (κ3) is 2.92. The maximum atomic E-state index is 13.2. The van der Waals surface area contributed by atoms with Gasteiger partial charge in [0.1, 0.15) is 0 Å². The summed E-state index contributed by atoms with van der Waals surface area (Å²) in [6.07, 6.45) is 11.3. The average molecular weight is 349 g/mol. The molecule has 3 aromatic heterocycles. The van der Waals surface area contributed by atoms with Crippen LogP contribution in [-0.2, 0) is 0 Å². The molecule has 0 spiro atoms. The minimum atomic E-state index is 0.109. The quantitative estimate of drug-likeness (QED) is 0.730. The van der Waals surface area contributed by atoms with Gasteiger partial charge in [0.25, 0.3) is 5.91 Å². The number of carbonyl (C=O) groups is 1. The third-order valence-corrected chi connectivity index (χ3v) is 5.20. The lowest BCUT2D eigenvalue weighted by molar-refractivity contribution is 0.0678. The fourth-order valence-electron chi connectivity index (χ4n) is 3.90. The molecule has 0 aliphatic carbocycles. The van der Waals surface area contributed by atoms with Crippen molar-refractivity contribution in [2.45, 2.75) is 32.7 Å². The topological polar surface area (TPSA) is 56.0 Å². The predicted molar refractivity (Wildman–Crippen MR) is 99.4 cm³/mol. The van der Waals surface area contributed by atoms with Gasteiger partial charge in [-0.25, -0.2) is 4.98 Å². The Bertz CT molecular complexity index is 898. The summed E-state index contributed by atoms with van der Waals surface area (Å²) in [5.74, 6) is 0.109. The first kappa shape index (κ1) is 16.6. The Labute approximate surface area is 153 Å². The van der Waals surface area contributed by atoms with E-state index in [2.05, 4.69) is 19.1 Å². The van der Waals surface area contributed by atoms with Gasteiger partial charge in [-0.05, 0) is 44.9 Å². The van der Waals surface area contributed by atoms with E-state index in [0.29, 0.717) is 6.04 Å². The van der Waals surface area contributed by atoms with Crippen molar-refractivity contribution >= 4 is 5.91 Å². The number of hydrogen-bond donors (Lipinski definition) is 0. The minimum absolute atomic E-state index is 0.109. The van der Waals surface area contributed by atoms with Crippen LogP contribution in [0.5, 0.6) is 0 Å². The van der Waals surface area contributed by atoms with Crippen molar-refractivity contribution in [3.05, 3.63) is 66.3 Å². The van der Waals surface area contributed by atoms with Gasteiger partial charge >= 0.3 is 0 Å². The Kier molecular flexibility index (Phi) is 4.32. The van der Waals surface area contributed by atoms with Gasteiger partial charge in [0, 0.05) is 43.1 Å². The van der Waals surface area contributed by atoms with Gasteiger partial charge < -0.3 is 14.0 Å². The number of piperidine rings is 1. The van der Waals surface area contributed by atoms with Crippen molar-refractivity contribution in [1.82, 2.24) is 24.0 Å². The van der Waals surface area contributed by atoms with Crippen LogP contribution in [0.4, 0.5) is 0 Å². The summed E-state index contributed by atoms with van der Waals surface area (Å²) in [5, 5.41) is 0. The molecule has 4 heterocycles. The molecular weight excluding hydrogens is 326 g/mol. The van der Waals surface area contributed by atoms with Crippen LogP contribution in [0.2, 0.25) is 0 Å². The molecule has 1 aliphatic heterocycles. The van der Waals surface area contributed by atoms with Crippen LogP contribution in [-0.4, -0.2) is 43.0 Å². The fourth-order valence-corrected chi connectivity index (χ4v) is 3.90. The van der Waals surface area contributed by atoms with Crippen molar-refractivity contribution in [2.24, 2.45) is 0 Å². The lowest BCUT2D eigenvalue weighted by atomic mass is 10.0. The molecule has 6 nitrogen and oxygen atoms in total. The molecule has 4 rings (SSSR count). The van der Waals surface area contributed by atoms with Crippen molar-refractivity contribution in [1.29, 1.82) is 0 Å². The van der Waals surface area contributed by atoms with Crippen LogP contribution in [0.1, 0.15) is 40.6 Å². The highest BCUT2D eigenvalue weighted by Crippen LogP contribution is 2.26. The number of aromatic nitrogens is 4. The summed E-state index contributed by atoms with van der Waals surface area (Å²) in [6.45, 7) is 5.57. The zero-order chi connectivity index (χ0) is 18.1. The van der Waals surface area contributed by atoms with Crippen molar-refractivity contribution in [3.63, 3.8) is 0 Å². The first-order valence-corrected chi connectivity index (χ1v) is 9.01. The van der Waals surface area contributed by atoms with Crippen molar-refractivity contribution in [3.8, 4) is 5.69 Å². The molecule has 0 unspecified atom stereocenters. The largest absolute Gasteiger partial charge is 0.337 e. The molecule has 0 bridgehead atoms. The smallest absolute Gasteiger partial charge is 0.255 e. The maximum absolute atomic E-state index is 13.2. The number of nitrogens with zero attached hydrogens (tertiary/aromatic N) is 5. The second-order valence-electron chi connectivity index (χ2n) is 6.89. The molecule has 0 N–H and O–H groups in total. The summed E-state index contributed by atoms with van der Waals surface area (Å²) < 4.78 is 4.20. The van der Waals surface area contributed by atoms with Crippen LogP contribution in [0, 0.1) is 13.8 Å². The Hall–Kier alpha value is -2.89. The van der Waals surface area contributed by atoms with Crippen molar-refractivity contribution < 1.29 is 4.79 Å². The number of carbonyl (C=O) groups excluding carboxylic acids is 1. The van der Waals surface area contributed by atoms with Gasteiger partial charge in [-0.15, -0.1) is 0 Å². The number of imidazole rings is 1. The normalized spacial score (nSPS) is 17.5. The predicted octanol–water partition coefficient (Wildman–Crippen LogP) is 3.16. The second kappa shape index (κ2) is 6.78. The minimum Gasteiger partial charge on any atom is -0.337 e. The maximum Gasteiger partial charge on any atom is 0.255 e. The number of hydrogen-bond acceptors (Lipinski definition) is 3. The lowest BCUT2D eigenvalue weighted by Crippen LogP contribution is -2.40. The van der Waals surface area contributed by atoms with E-state index in [1.54, 1.807) is 12.4 Å². The van der Waals surface area contributed by atoms with Crippen LogP contribution in [0.25, 0.3) is 5.69 Å². The Morgan fingerprint density at radius 3 is 2.85 bits per heavy atom. The number of rotatable bonds is 3. The summed E-state index contributed by atoms with van der Waals surface area (Å²) in [7, 11) is 0. The summed E-state index contributed by atoms with van der Waals surface area (Å²) in [4.78, 5) is 23.5. The van der Waals surface area contributed by atoms with Gasteiger partial charge in [-0.3, -0.25) is 9.78 Å². The van der Waals surface area contributed by atoms with Gasteiger partial charge in [-0.1, -0.05) is 0 Å². The van der Waals surface area contributed by atoms with Crippen molar-refractivity contribution in [2.75, 3.05) is 13.1 Å². The van der Waals surface area contributed by atoms with Gasteiger partial charge in [0.05, 0.1) is 29.8 Å². The lowest BCUT2D eigenvalue weighted by Gasteiger charge is -2.33. The number of pyridine rings is 1. The van der Waals surface area contributed by atoms with E-state index in [1.165, 1.54) is 0 Å². The van der Waals surface area contributed by atoms with Crippen LogP contribution in [0.3, 0.4) is 0 Å². The monoisotopic (exact) mass is 349 g/mol. The second-order valence-corrected chi connectivity index (χ2v) is 6.89. The van der Waals surface area contributed by atoms with E-state index in [4.69, 9.17) is 0 Å². The highest BCUT2D eigenvalue weighted by Gasteiger charge is 2.27. The van der Waals surface area contributed by atoms with Gasteiger partial charge in [0.15, 0.2) is 0 Å². The Morgan fingerprint density at radius 2 is 2.12 bits per heavy atom. The summed E-state index contributed by atoms with van der Waals surface area (Å²) in [5.41, 5.74) is 3.77. The average Bonchev–Trinajstić information content (AvgIpc) is 3.30. The van der Waals surface area contributed by atoms with E-state index < -0.39 is 0 Å². The van der Waals surface area contributed by atoms with E-state index in [9.17, 15) is 4.79 Å². The van der Waals surface area contributed by atoms with E-state index in [0.717, 1.165) is 48.6 Å². The molecular formula is C20H23N5O. The highest BCUT2D eigenvalue weighted by atomic mass is 16.2. The molecule has 0 aromatic carbocycles. The molecule has 1 aliphatic rings. The van der Waals surface area contributed by atoms with E-state index in [-0.39, 0.29) is 5.91 Å². The third-order valence-electron chi connectivity index (χ3n) is 5.20. The van der Waals surface area contributed by atoms with E-state index in [1.807, 2.05) is 55.7 Å². The molecule has 0 saturated carbocycles. The molecule has 134 valence electrons. The molecule has 1 atom stereocenters. The highest BCUT2D eigenvalue weighted by molar-refractivity contribution is 5.96. The van der Waals surface area contributed by atoms with Gasteiger partial charge in [-0.2, -0.15) is 0 Å². The van der Waals surface area contributed by atoms with Crippen LogP contribution < -0.4 is 0 Å². The molecule has 1 amide bonds. The van der Waals surface area contributed by atoms with E-state index >= 15 is 0 Å². The Morgan fingerprint density at radius 1 is 1.23 bits per heavy atom. The Balaban J connectivity index is 1.61. The zero-order valence-electron chi connectivity index (χ0n) is 15.2. The molecule has 1 fully saturated rings. The van der Waals surface area contributed by atoms with Crippen LogP contribution >= 0.6 is 0 Å². The molecule has 26 heavy (non-hydrogen) atoms. The zero-order valence-corrected chi connectivity index (χ0v) is 15.2. The fraction of sp³-hybridized carbons (Fsp3) is 0.350. The number of likely N-dealkylation sites (tertiary alicyclic amines) is 1. The summed E-state index contributed by atoms with van der Waals surface area (Å²) >= 11 is 0.